The number of fused-ring (bicyclic) bond motifs is 1. The highest BCUT2D eigenvalue weighted by molar-refractivity contribution is 6.27. The number of allylic oxidation sites excluding steroid dienone is 2. The zero-order chi connectivity index (χ0) is 23.7. The Hall–Kier alpha value is -4.18. The number of rotatable bonds is 5. The Morgan fingerprint density at radius 1 is 0.559 bits per heavy atom. The molecule has 0 fully saturated rings. The molecule has 2 nitrogen and oxygen atoms in total. The van der Waals surface area contributed by atoms with Gasteiger partial charge in [0.1, 0.15) is 23.1 Å². The fourth-order valence-electron chi connectivity index (χ4n) is 4.35. The summed E-state index contributed by atoms with van der Waals surface area (Å²) in [4.78, 5) is 0. The molecule has 0 atom stereocenters. The van der Waals surface area contributed by atoms with Crippen molar-refractivity contribution in [3.63, 3.8) is 0 Å². The van der Waals surface area contributed by atoms with Crippen LogP contribution >= 0.6 is 0 Å². The number of methoxy groups -OCH3 is 2. The largest absolute Gasteiger partial charge is 0.497 e. The molecule has 0 N–H and O–H groups in total. The van der Waals surface area contributed by atoms with Gasteiger partial charge in [-0.05, 0) is 99.1 Å². The normalized spacial score (nSPS) is 13.8. The van der Waals surface area contributed by atoms with E-state index in [1.54, 1.807) is 38.5 Å². The van der Waals surface area contributed by atoms with Crippen molar-refractivity contribution in [1.82, 2.24) is 0 Å². The molecule has 0 unspecified atom stereocenters. The van der Waals surface area contributed by atoms with E-state index >= 15 is 0 Å². The third-order valence-electron chi connectivity index (χ3n) is 6.00. The Morgan fingerprint density at radius 3 is 1.65 bits per heavy atom. The van der Waals surface area contributed by atoms with Gasteiger partial charge in [-0.15, -0.1) is 0 Å². The first-order chi connectivity index (χ1) is 16.6. The summed E-state index contributed by atoms with van der Waals surface area (Å²) >= 11 is 0. The molecule has 4 aromatic rings. The maximum Gasteiger partial charge on any atom is 0.123 e. The molecular formula is C30H22F2O2. The van der Waals surface area contributed by atoms with Crippen molar-refractivity contribution in [2.24, 2.45) is 0 Å². The Morgan fingerprint density at radius 2 is 1.09 bits per heavy atom. The molecule has 1 aliphatic rings. The van der Waals surface area contributed by atoms with Gasteiger partial charge in [-0.3, -0.25) is 0 Å². The van der Waals surface area contributed by atoms with Crippen LogP contribution in [-0.4, -0.2) is 14.2 Å². The van der Waals surface area contributed by atoms with Crippen LogP contribution in [0.2, 0.25) is 0 Å². The van der Waals surface area contributed by atoms with Gasteiger partial charge in [-0.2, -0.15) is 0 Å². The maximum atomic E-state index is 14.5. The van der Waals surface area contributed by atoms with E-state index in [2.05, 4.69) is 0 Å². The molecule has 0 saturated heterocycles. The lowest BCUT2D eigenvalue weighted by atomic mass is 9.92. The van der Waals surface area contributed by atoms with Crippen LogP contribution in [-0.2, 0) is 0 Å². The molecule has 0 heterocycles. The number of benzene rings is 4. The van der Waals surface area contributed by atoms with Crippen LogP contribution in [0, 0.1) is 11.6 Å². The third-order valence-corrected chi connectivity index (χ3v) is 6.00. The second kappa shape index (κ2) is 8.99. The molecule has 4 heteroatoms. The van der Waals surface area contributed by atoms with E-state index in [9.17, 15) is 8.78 Å². The smallest absolute Gasteiger partial charge is 0.123 e. The van der Waals surface area contributed by atoms with E-state index in [0.717, 1.165) is 56.0 Å². The molecule has 4 aromatic carbocycles. The number of halogens is 2. The van der Waals surface area contributed by atoms with E-state index in [-0.39, 0.29) is 11.6 Å². The average Bonchev–Trinajstić information content (AvgIpc) is 3.18. The molecular weight excluding hydrogens is 430 g/mol. The average molecular weight is 453 g/mol. The Balaban J connectivity index is 1.81. The molecule has 0 saturated carbocycles. The van der Waals surface area contributed by atoms with Crippen molar-refractivity contribution in [1.29, 1.82) is 0 Å². The van der Waals surface area contributed by atoms with Crippen LogP contribution in [0.4, 0.5) is 8.78 Å². The maximum absolute atomic E-state index is 14.5. The van der Waals surface area contributed by atoms with E-state index < -0.39 is 0 Å². The molecule has 168 valence electrons. The van der Waals surface area contributed by atoms with Gasteiger partial charge in [0.05, 0.1) is 14.2 Å². The van der Waals surface area contributed by atoms with Gasteiger partial charge in [-0.1, -0.05) is 42.5 Å². The lowest BCUT2D eigenvalue weighted by Crippen LogP contribution is -1.91. The summed E-state index contributed by atoms with van der Waals surface area (Å²) in [6.45, 7) is 0. The molecule has 0 aliphatic heterocycles. The second-order valence-electron chi connectivity index (χ2n) is 8.01. The fraction of sp³-hybridized carbons (Fsp3) is 0.0667. The lowest BCUT2D eigenvalue weighted by Gasteiger charge is -2.12. The highest BCUT2D eigenvalue weighted by Gasteiger charge is 2.29. The predicted molar refractivity (Wildman–Crippen MR) is 133 cm³/mol. The summed E-state index contributed by atoms with van der Waals surface area (Å²) in [6, 6.07) is 26.8. The van der Waals surface area contributed by atoms with Crippen LogP contribution in [0.15, 0.2) is 91.0 Å². The molecule has 0 spiro atoms. The first-order valence-electron chi connectivity index (χ1n) is 10.9. The van der Waals surface area contributed by atoms with Crippen LogP contribution < -0.4 is 9.47 Å². The first-order valence-corrected chi connectivity index (χ1v) is 10.9. The van der Waals surface area contributed by atoms with Crippen molar-refractivity contribution in [2.75, 3.05) is 14.2 Å². The standard InChI is InChI=1S/C30H22F2O2/c1-33-24-12-5-20(6-13-24)29-27(17-19-3-9-22(31)10-4-19)26-16-11-23(32)18-28(26)30(29)21-7-14-25(34-2)15-8-21/h3-18H,1-2H3/b27-17+. The third kappa shape index (κ3) is 3.99. The topological polar surface area (TPSA) is 18.5 Å². The summed E-state index contributed by atoms with van der Waals surface area (Å²) in [7, 11) is 3.26. The van der Waals surface area contributed by atoms with Crippen molar-refractivity contribution < 1.29 is 18.3 Å². The van der Waals surface area contributed by atoms with E-state index in [1.165, 1.54) is 18.2 Å². The lowest BCUT2D eigenvalue weighted by molar-refractivity contribution is 0.414. The molecule has 5 rings (SSSR count). The Kier molecular flexibility index (Phi) is 5.72. The highest BCUT2D eigenvalue weighted by atomic mass is 19.1. The number of hydrogen-bond donors (Lipinski definition) is 0. The zero-order valence-corrected chi connectivity index (χ0v) is 18.8. The van der Waals surface area contributed by atoms with E-state index in [0.29, 0.717) is 0 Å². The Bertz CT molecular complexity index is 1400. The van der Waals surface area contributed by atoms with Crippen molar-refractivity contribution in [2.45, 2.75) is 0 Å². The van der Waals surface area contributed by atoms with Crippen molar-refractivity contribution >= 4 is 22.8 Å². The predicted octanol–water partition coefficient (Wildman–Crippen LogP) is 7.50. The molecule has 0 aromatic heterocycles. The zero-order valence-electron chi connectivity index (χ0n) is 18.8. The molecule has 0 radical (unpaired) electrons. The van der Waals surface area contributed by atoms with Gasteiger partial charge < -0.3 is 9.47 Å². The summed E-state index contributed by atoms with van der Waals surface area (Å²) in [5, 5.41) is 0. The van der Waals surface area contributed by atoms with Crippen LogP contribution in [0.1, 0.15) is 27.8 Å². The summed E-state index contributed by atoms with van der Waals surface area (Å²) < 4.78 is 38.7. The fourth-order valence-corrected chi connectivity index (χ4v) is 4.35. The summed E-state index contributed by atoms with van der Waals surface area (Å²) in [6.07, 6.45) is 2.02. The van der Waals surface area contributed by atoms with Crippen molar-refractivity contribution in [3.8, 4) is 11.5 Å². The van der Waals surface area contributed by atoms with Gasteiger partial charge in [0, 0.05) is 0 Å². The van der Waals surface area contributed by atoms with Gasteiger partial charge in [0.15, 0.2) is 0 Å². The second-order valence-corrected chi connectivity index (χ2v) is 8.01. The van der Waals surface area contributed by atoms with Gasteiger partial charge in [0.25, 0.3) is 0 Å². The van der Waals surface area contributed by atoms with Crippen LogP contribution in [0.3, 0.4) is 0 Å². The monoisotopic (exact) mass is 452 g/mol. The van der Waals surface area contributed by atoms with Crippen molar-refractivity contribution in [3.05, 3.63) is 130 Å². The molecule has 0 bridgehead atoms. The summed E-state index contributed by atoms with van der Waals surface area (Å²) in [5.41, 5.74) is 7.34. The summed E-state index contributed by atoms with van der Waals surface area (Å²) in [5.74, 6) is 0.901. The van der Waals surface area contributed by atoms with Gasteiger partial charge in [0.2, 0.25) is 0 Å². The molecule has 1 aliphatic carbocycles. The quantitative estimate of drug-likeness (QED) is 0.312. The van der Waals surface area contributed by atoms with Crippen LogP contribution in [0.5, 0.6) is 11.5 Å². The van der Waals surface area contributed by atoms with E-state index in [1.807, 2.05) is 54.6 Å². The highest BCUT2D eigenvalue weighted by Crippen LogP contribution is 2.50. The van der Waals surface area contributed by atoms with Crippen LogP contribution in [0.25, 0.3) is 22.8 Å². The Labute approximate surface area is 197 Å². The number of ether oxygens (including phenoxy) is 2. The van der Waals surface area contributed by atoms with Gasteiger partial charge >= 0.3 is 0 Å². The minimum atomic E-state index is -0.304. The van der Waals surface area contributed by atoms with Gasteiger partial charge in [-0.25, -0.2) is 8.78 Å². The SMILES string of the molecule is COc1ccc(C2=C(c3ccc(OC)cc3)c3cc(F)ccc3/C2=C\c2ccc(F)cc2)cc1. The minimum absolute atomic E-state index is 0.291. The molecule has 0 amide bonds. The molecule has 34 heavy (non-hydrogen) atoms. The minimum Gasteiger partial charge on any atom is -0.497 e. The van der Waals surface area contributed by atoms with E-state index in [4.69, 9.17) is 9.47 Å². The first kappa shape index (κ1) is 21.7. The number of hydrogen-bond acceptors (Lipinski definition) is 2.